The molecule has 1 radical (unpaired) electrons. The summed E-state index contributed by atoms with van der Waals surface area (Å²) >= 11 is 0. The monoisotopic (exact) mass is 190 g/mol. The lowest BCUT2D eigenvalue weighted by atomic mass is 10.1. The van der Waals surface area contributed by atoms with E-state index in [1.165, 1.54) is 0 Å². The molecule has 2 rings (SSSR count). The molecule has 0 amide bonds. The van der Waals surface area contributed by atoms with Gasteiger partial charge in [0, 0.05) is 18.8 Å². The van der Waals surface area contributed by atoms with E-state index < -0.39 is 5.97 Å². The molecule has 0 spiro atoms. The van der Waals surface area contributed by atoms with Crippen LogP contribution in [-0.4, -0.2) is 24.2 Å². The lowest BCUT2D eigenvalue weighted by Gasteiger charge is -2.17. The van der Waals surface area contributed by atoms with Gasteiger partial charge in [-0.3, -0.25) is 4.79 Å². The minimum absolute atomic E-state index is 0.209. The second-order valence-corrected chi connectivity index (χ2v) is 3.53. The van der Waals surface area contributed by atoms with Crippen LogP contribution in [0.2, 0.25) is 0 Å². The molecule has 1 heterocycles. The average molecular weight is 190 g/mol. The molecular weight excluding hydrogens is 178 g/mol. The second kappa shape index (κ2) is 3.70. The molecular formula is C11H12NO2. The Hall–Kier alpha value is -1.51. The normalized spacial score (nSPS) is 21.1. The lowest BCUT2D eigenvalue weighted by Crippen LogP contribution is -2.22. The third-order valence-corrected chi connectivity index (χ3v) is 2.60. The van der Waals surface area contributed by atoms with Gasteiger partial charge in [-0.2, -0.15) is 0 Å². The predicted molar refractivity (Wildman–Crippen MR) is 53.2 cm³/mol. The SMILES string of the molecule is O=C(O)C1CCN(c2cc[c]cc2)C1. The van der Waals surface area contributed by atoms with Crippen molar-refractivity contribution in [1.29, 1.82) is 0 Å². The van der Waals surface area contributed by atoms with Crippen LogP contribution in [0, 0.1) is 12.0 Å². The van der Waals surface area contributed by atoms with Crippen LogP contribution in [0.1, 0.15) is 6.42 Å². The van der Waals surface area contributed by atoms with Crippen LogP contribution < -0.4 is 4.90 Å². The molecule has 1 fully saturated rings. The number of rotatable bonds is 2. The van der Waals surface area contributed by atoms with Crippen molar-refractivity contribution in [2.24, 2.45) is 5.92 Å². The van der Waals surface area contributed by atoms with Gasteiger partial charge in [-0.15, -0.1) is 0 Å². The first-order valence-corrected chi connectivity index (χ1v) is 4.71. The molecule has 3 nitrogen and oxygen atoms in total. The first kappa shape index (κ1) is 9.06. The predicted octanol–water partition coefficient (Wildman–Crippen LogP) is 1.40. The Morgan fingerprint density at radius 1 is 1.50 bits per heavy atom. The summed E-state index contributed by atoms with van der Waals surface area (Å²) < 4.78 is 0. The summed E-state index contributed by atoms with van der Waals surface area (Å²) in [7, 11) is 0. The van der Waals surface area contributed by atoms with Crippen LogP contribution in [-0.2, 0) is 4.79 Å². The number of anilines is 1. The maximum atomic E-state index is 10.7. The van der Waals surface area contributed by atoms with Crippen molar-refractivity contribution in [2.45, 2.75) is 6.42 Å². The summed E-state index contributed by atoms with van der Waals surface area (Å²) in [5, 5.41) is 8.85. The van der Waals surface area contributed by atoms with Gasteiger partial charge in [0.2, 0.25) is 0 Å². The Morgan fingerprint density at radius 2 is 2.21 bits per heavy atom. The maximum Gasteiger partial charge on any atom is 0.308 e. The molecule has 0 bridgehead atoms. The van der Waals surface area contributed by atoms with Crippen molar-refractivity contribution in [2.75, 3.05) is 18.0 Å². The van der Waals surface area contributed by atoms with Crippen molar-refractivity contribution >= 4 is 11.7 Å². The van der Waals surface area contributed by atoms with Gasteiger partial charge in [0.05, 0.1) is 5.92 Å². The Balaban J connectivity index is 2.06. The van der Waals surface area contributed by atoms with E-state index in [-0.39, 0.29) is 5.92 Å². The average Bonchev–Trinajstić information content (AvgIpc) is 2.68. The zero-order valence-corrected chi connectivity index (χ0v) is 7.81. The molecule has 0 aliphatic carbocycles. The van der Waals surface area contributed by atoms with E-state index in [0.717, 1.165) is 18.7 Å². The van der Waals surface area contributed by atoms with Crippen molar-refractivity contribution < 1.29 is 9.90 Å². The fourth-order valence-corrected chi connectivity index (χ4v) is 1.79. The molecule has 0 saturated carbocycles. The third-order valence-electron chi connectivity index (χ3n) is 2.60. The number of benzene rings is 1. The Morgan fingerprint density at radius 3 is 2.79 bits per heavy atom. The van der Waals surface area contributed by atoms with E-state index in [4.69, 9.17) is 5.11 Å². The molecule has 1 saturated heterocycles. The largest absolute Gasteiger partial charge is 0.481 e. The highest BCUT2D eigenvalue weighted by molar-refractivity contribution is 5.72. The molecule has 1 aliphatic heterocycles. The summed E-state index contributed by atoms with van der Waals surface area (Å²) in [6.45, 7) is 1.46. The molecule has 1 aromatic carbocycles. The molecule has 1 aromatic rings. The number of nitrogens with zero attached hydrogens (tertiary/aromatic N) is 1. The first-order chi connectivity index (χ1) is 6.77. The van der Waals surface area contributed by atoms with Crippen LogP contribution in [0.4, 0.5) is 5.69 Å². The molecule has 1 atom stereocenters. The fourth-order valence-electron chi connectivity index (χ4n) is 1.79. The molecule has 1 aliphatic rings. The Labute approximate surface area is 83.0 Å². The highest BCUT2D eigenvalue weighted by atomic mass is 16.4. The van der Waals surface area contributed by atoms with E-state index in [2.05, 4.69) is 11.0 Å². The topological polar surface area (TPSA) is 40.5 Å². The molecule has 73 valence electrons. The van der Waals surface area contributed by atoms with Crippen molar-refractivity contribution in [3.05, 3.63) is 30.3 Å². The minimum Gasteiger partial charge on any atom is -0.481 e. The fraction of sp³-hybridized carbons (Fsp3) is 0.364. The van der Waals surface area contributed by atoms with Gasteiger partial charge in [0.1, 0.15) is 0 Å². The van der Waals surface area contributed by atoms with Gasteiger partial charge >= 0.3 is 5.97 Å². The zero-order valence-electron chi connectivity index (χ0n) is 7.81. The number of carboxylic acid groups (broad SMARTS) is 1. The summed E-state index contributed by atoms with van der Waals surface area (Å²) in [5.41, 5.74) is 1.09. The van der Waals surface area contributed by atoms with Crippen molar-refractivity contribution in [1.82, 2.24) is 0 Å². The van der Waals surface area contributed by atoms with E-state index in [1.54, 1.807) is 0 Å². The number of hydrogen-bond donors (Lipinski definition) is 1. The van der Waals surface area contributed by atoms with E-state index in [9.17, 15) is 4.79 Å². The van der Waals surface area contributed by atoms with Gasteiger partial charge in [0.25, 0.3) is 0 Å². The number of carboxylic acids is 1. The van der Waals surface area contributed by atoms with Crippen LogP contribution in [0.5, 0.6) is 0 Å². The first-order valence-electron chi connectivity index (χ1n) is 4.71. The third kappa shape index (κ3) is 1.71. The van der Waals surface area contributed by atoms with Gasteiger partial charge in [-0.25, -0.2) is 0 Å². The van der Waals surface area contributed by atoms with Crippen molar-refractivity contribution in [3.8, 4) is 0 Å². The molecule has 14 heavy (non-hydrogen) atoms. The van der Waals surface area contributed by atoms with Crippen LogP contribution in [0.25, 0.3) is 0 Å². The summed E-state index contributed by atoms with van der Waals surface area (Å²) in [6.07, 6.45) is 0.744. The highest BCUT2D eigenvalue weighted by Gasteiger charge is 2.27. The maximum absolute atomic E-state index is 10.7. The van der Waals surface area contributed by atoms with Crippen LogP contribution >= 0.6 is 0 Å². The lowest BCUT2D eigenvalue weighted by molar-refractivity contribution is -0.140. The smallest absolute Gasteiger partial charge is 0.308 e. The standard InChI is InChI=1S/C11H12NO2/c13-11(14)9-6-7-12(8-9)10-4-2-1-3-5-10/h2-5,9H,6-8H2,(H,13,14). The van der Waals surface area contributed by atoms with Crippen LogP contribution in [0.3, 0.4) is 0 Å². The van der Waals surface area contributed by atoms with Crippen molar-refractivity contribution in [3.63, 3.8) is 0 Å². The van der Waals surface area contributed by atoms with Gasteiger partial charge in [-0.05, 0) is 24.6 Å². The van der Waals surface area contributed by atoms with E-state index >= 15 is 0 Å². The van der Waals surface area contributed by atoms with E-state index in [0.29, 0.717) is 6.54 Å². The second-order valence-electron chi connectivity index (χ2n) is 3.53. The van der Waals surface area contributed by atoms with Crippen LogP contribution in [0.15, 0.2) is 24.3 Å². The number of hydrogen-bond acceptors (Lipinski definition) is 2. The molecule has 3 heteroatoms. The van der Waals surface area contributed by atoms with E-state index in [1.807, 2.05) is 24.3 Å². The summed E-state index contributed by atoms with van der Waals surface area (Å²) in [4.78, 5) is 12.8. The van der Waals surface area contributed by atoms with Gasteiger partial charge in [0.15, 0.2) is 0 Å². The molecule has 1 N–H and O–H groups in total. The number of aliphatic carboxylic acids is 1. The molecule has 0 aromatic heterocycles. The van der Waals surface area contributed by atoms with Gasteiger partial charge < -0.3 is 10.0 Å². The minimum atomic E-state index is -0.685. The zero-order chi connectivity index (χ0) is 9.97. The molecule has 1 unspecified atom stereocenters. The number of carbonyl (C=O) groups is 1. The Bertz CT molecular complexity index is 323. The highest BCUT2D eigenvalue weighted by Crippen LogP contribution is 2.23. The Kier molecular flexibility index (Phi) is 2.39. The quantitative estimate of drug-likeness (QED) is 0.766. The summed E-state index contributed by atoms with van der Waals surface area (Å²) in [6, 6.07) is 10.6. The summed E-state index contributed by atoms with van der Waals surface area (Å²) in [5.74, 6) is -0.894. The van der Waals surface area contributed by atoms with Gasteiger partial charge in [-0.1, -0.05) is 12.1 Å².